The van der Waals surface area contributed by atoms with Gasteiger partial charge in [0.15, 0.2) is 5.16 Å². The van der Waals surface area contributed by atoms with Crippen LogP contribution in [0.2, 0.25) is 5.02 Å². The fourth-order valence-electron chi connectivity index (χ4n) is 1.43. The Morgan fingerprint density at radius 3 is 2.58 bits per heavy atom. The van der Waals surface area contributed by atoms with Crippen LogP contribution in [0.4, 0.5) is 17.3 Å². The summed E-state index contributed by atoms with van der Waals surface area (Å²) in [6.45, 7) is 0. The van der Waals surface area contributed by atoms with E-state index in [-0.39, 0.29) is 0 Å². The molecule has 2 aromatic rings. The van der Waals surface area contributed by atoms with E-state index in [1.807, 2.05) is 37.6 Å². The van der Waals surface area contributed by atoms with E-state index in [9.17, 15) is 0 Å². The van der Waals surface area contributed by atoms with Crippen LogP contribution < -0.4 is 10.6 Å². The van der Waals surface area contributed by atoms with Gasteiger partial charge < -0.3 is 10.6 Å². The summed E-state index contributed by atoms with van der Waals surface area (Å²) in [7, 11) is 1.83. The Labute approximate surface area is 129 Å². The summed E-state index contributed by atoms with van der Waals surface area (Å²) in [5.41, 5.74) is 0.876. The van der Waals surface area contributed by atoms with Crippen molar-refractivity contribution >= 4 is 56.6 Å². The Hall–Kier alpha value is -0.980. The largest absolute Gasteiger partial charge is 0.373 e. The molecule has 0 aliphatic carbocycles. The first-order chi connectivity index (χ1) is 9.12. The SMILES string of the molecule is CNc1cc(Nc2ccc(Br)c(Cl)c2)nc(SC)n1. The molecular formula is C12H12BrClN4S. The van der Waals surface area contributed by atoms with Crippen molar-refractivity contribution < 1.29 is 0 Å². The lowest BCUT2D eigenvalue weighted by molar-refractivity contribution is 0.977. The van der Waals surface area contributed by atoms with Gasteiger partial charge in [0.05, 0.1) is 5.02 Å². The molecule has 0 saturated heterocycles. The minimum absolute atomic E-state index is 0.651. The molecule has 0 spiro atoms. The molecule has 0 fully saturated rings. The van der Waals surface area contributed by atoms with Crippen LogP contribution in [0.1, 0.15) is 0 Å². The number of halogens is 2. The van der Waals surface area contributed by atoms with E-state index in [2.05, 4.69) is 36.5 Å². The summed E-state index contributed by atoms with van der Waals surface area (Å²) in [5.74, 6) is 1.49. The zero-order chi connectivity index (χ0) is 13.8. The lowest BCUT2D eigenvalue weighted by Gasteiger charge is -2.09. The van der Waals surface area contributed by atoms with Crippen LogP contribution in [0.5, 0.6) is 0 Å². The average Bonchev–Trinajstić information content (AvgIpc) is 2.42. The minimum Gasteiger partial charge on any atom is -0.373 e. The zero-order valence-electron chi connectivity index (χ0n) is 10.4. The summed E-state index contributed by atoms with van der Waals surface area (Å²) in [5, 5.41) is 7.58. The number of hydrogen-bond donors (Lipinski definition) is 2. The quantitative estimate of drug-likeness (QED) is 0.626. The van der Waals surface area contributed by atoms with E-state index in [4.69, 9.17) is 11.6 Å². The molecule has 2 rings (SSSR count). The van der Waals surface area contributed by atoms with Gasteiger partial charge in [-0.3, -0.25) is 0 Å². The molecule has 19 heavy (non-hydrogen) atoms. The van der Waals surface area contributed by atoms with E-state index in [0.29, 0.717) is 10.2 Å². The van der Waals surface area contributed by atoms with Gasteiger partial charge in [-0.2, -0.15) is 0 Å². The third-order valence-corrected chi connectivity index (χ3v) is 4.12. The van der Waals surface area contributed by atoms with Crippen molar-refractivity contribution in [2.24, 2.45) is 0 Å². The Morgan fingerprint density at radius 1 is 1.21 bits per heavy atom. The summed E-state index contributed by atoms with van der Waals surface area (Å²) >= 11 is 10.9. The lowest BCUT2D eigenvalue weighted by atomic mass is 10.3. The average molecular weight is 360 g/mol. The van der Waals surface area contributed by atoms with E-state index in [1.54, 1.807) is 0 Å². The first-order valence-corrected chi connectivity index (χ1v) is 7.85. The predicted molar refractivity (Wildman–Crippen MR) is 85.8 cm³/mol. The number of nitrogens with one attached hydrogen (secondary N) is 2. The Balaban J connectivity index is 2.29. The maximum atomic E-state index is 6.06. The van der Waals surface area contributed by atoms with E-state index in [0.717, 1.165) is 21.8 Å². The van der Waals surface area contributed by atoms with Crippen molar-refractivity contribution in [1.82, 2.24) is 9.97 Å². The number of benzene rings is 1. The second-order valence-electron chi connectivity index (χ2n) is 3.63. The molecule has 4 nitrogen and oxygen atoms in total. The number of thioether (sulfide) groups is 1. The molecule has 1 heterocycles. The summed E-state index contributed by atoms with van der Waals surface area (Å²) in [6, 6.07) is 7.50. The Morgan fingerprint density at radius 2 is 1.95 bits per heavy atom. The number of hydrogen-bond acceptors (Lipinski definition) is 5. The van der Waals surface area contributed by atoms with Gasteiger partial charge in [0.2, 0.25) is 0 Å². The fraction of sp³-hybridized carbons (Fsp3) is 0.167. The third kappa shape index (κ3) is 3.75. The zero-order valence-corrected chi connectivity index (χ0v) is 13.5. The molecular weight excluding hydrogens is 348 g/mol. The maximum Gasteiger partial charge on any atom is 0.191 e. The van der Waals surface area contributed by atoms with Crippen molar-refractivity contribution in [3.8, 4) is 0 Å². The molecule has 0 saturated carbocycles. The highest BCUT2D eigenvalue weighted by Gasteiger charge is 2.05. The number of aromatic nitrogens is 2. The highest BCUT2D eigenvalue weighted by molar-refractivity contribution is 9.10. The molecule has 1 aromatic carbocycles. The van der Waals surface area contributed by atoms with E-state index < -0.39 is 0 Å². The van der Waals surface area contributed by atoms with Gasteiger partial charge in [-0.25, -0.2) is 9.97 Å². The standard InChI is InChI=1S/C12H12BrClN4S/c1-15-10-6-11(18-12(17-10)19-2)16-7-3-4-8(13)9(14)5-7/h3-6H,1-2H3,(H2,15,16,17,18). The Kier molecular flexibility index (Phi) is 4.90. The van der Waals surface area contributed by atoms with Gasteiger partial charge in [0.1, 0.15) is 11.6 Å². The summed E-state index contributed by atoms with van der Waals surface area (Å²) in [4.78, 5) is 8.70. The molecule has 0 aliphatic heterocycles. The van der Waals surface area contributed by atoms with E-state index in [1.165, 1.54) is 11.8 Å². The van der Waals surface area contributed by atoms with Gasteiger partial charge in [0.25, 0.3) is 0 Å². The highest BCUT2D eigenvalue weighted by atomic mass is 79.9. The molecule has 0 unspecified atom stereocenters. The van der Waals surface area contributed by atoms with Crippen molar-refractivity contribution in [3.05, 3.63) is 33.8 Å². The Bertz CT molecular complexity index is 572. The lowest BCUT2D eigenvalue weighted by Crippen LogP contribution is -2.00. The molecule has 0 radical (unpaired) electrons. The second-order valence-corrected chi connectivity index (χ2v) is 5.66. The van der Waals surface area contributed by atoms with Gasteiger partial charge in [0, 0.05) is 23.3 Å². The highest BCUT2D eigenvalue weighted by Crippen LogP contribution is 2.27. The molecule has 0 atom stereocenters. The topological polar surface area (TPSA) is 49.8 Å². The van der Waals surface area contributed by atoms with Crippen molar-refractivity contribution in [2.75, 3.05) is 23.9 Å². The second kappa shape index (κ2) is 6.45. The van der Waals surface area contributed by atoms with Gasteiger partial charge in [-0.15, -0.1) is 0 Å². The van der Waals surface area contributed by atoms with Crippen molar-refractivity contribution in [1.29, 1.82) is 0 Å². The number of rotatable bonds is 4. The maximum absolute atomic E-state index is 6.06. The third-order valence-electron chi connectivity index (χ3n) is 2.34. The van der Waals surface area contributed by atoms with Crippen LogP contribution in [0.3, 0.4) is 0 Å². The predicted octanol–water partition coefficient (Wildman–Crippen LogP) is 4.40. The molecule has 0 bridgehead atoms. The molecule has 2 N–H and O–H groups in total. The van der Waals surface area contributed by atoms with E-state index >= 15 is 0 Å². The molecule has 7 heteroatoms. The van der Waals surface area contributed by atoms with Crippen LogP contribution in [-0.4, -0.2) is 23.3 Å². The van der Waals surface area contributed by atoms with Gasteiger partial charge in [-0.1, -0.05) is 23.4 Å². The molecule has 1 aromatic heterocycles. The molecule has 0 aliphatic rings. The fourth-order valence-corrected chi connectivity index (χ4v) is 2.24. The van der Waals surface area contributed by atoms with Gasteiger partial charge >= 0.3 is 0 Å². The van der Waals surface area contributed by atoms with Crippen molar-refractivity contribution in [2.45, 2.75) is 5.16 Å². The van der Waals surface area contributed by atoms with Crippen molar-refractivity contribution in [3.63, 3.8) is 0 Å². The smallest absolute Gasteiger partial charge is 0.191 e. The molecule has 100 valence electrons. The van der Waals surface area contributed by atoms with Crippen LogP contribution in [0.15, 0.2) is 33.9 Å². The summed E-state index contributed by atoms with van der Waals surface area (Å²) in [6.07, 6.45) is 1.94. The molecule has 0 amide bonds. The van der Waals surface area contributed by atoms with Crippen LogP contribution in [-0.2, 0) is 0 Å². The number of anilines is 3. The van der Waals surface area contributed by atoms with Crippen LogP contribution in [0, 0.1) is 0 Å². The van der Waals surface area contributed by atoms with Crippen LogP contribution in [0.25, 0.3) is 0 Å². The first-order valence-electron chi connectivity index (χ1n) is 5.45. The van der Waals surface area contributed by atoms with Gasteiger partial charge in [-0.05, 0) is 40.4 Å². The normalized spacial score (nSPS) is 10.3. The minimum atomic E-state index is 0.651. The monoisotopic (exact) mass is 358 g/mol. The van der Waals surface area contributed by atoms with Crippen LogP contribution >= 0.6 is 39.3 Å². The number of nitrogens with zero attached hydrogens (tertiary/aromatic N) is 2. The first kappa shape index (κ1) is 14.4. The summed E-state index contributed by atoms with van der Waals surface area (Å²) < 4.78 is 0.864.